The van der Waals surface area contributed by atoms with Crippen LogP contribution in [0.25, 0.3) is 0 Å². The predicted octanol–water partition coefficient (Wildman–Crippen LogP) is 8.84. The fourth-order valence-electron chi connectivity index (χ4n) is 4.75. The van der Waals surface area contributed by atoms with Crippen LogP contribution in [0.15, 0.2) is 12.7 Å². The molecule has 0 aromatic rings. The van der Waals surface area contributed by atoms with Crippen LogP contribution in [0.2, 0.25) is 0 Å². The van der Waals surface area contributed by atoms with Gasteiger partial charge in [-0.15, -0.1) is 18.2 Å². The Morgan fingerprint density at radius 1 is 0.960 bits per heavy atom. The number of halogens is 1. The molecule has 1 rings (SSSR count). The number of unbranched alkanes of at least 4 members (excludes halogenated alkanes) is 7. The second kappa shape index (κ2) is 15.1. The van der Waals surface area contributed by atoms with E-state index in [2.05, 4.69) is 26.5 Å². The van der Waals surface area contributed by atoms with Gasteiger partial charge in [0, 0.05) is 0 Å². The molecule has 1 saturated carbocycles. The minimum absolute atomic E-state index is 0. The van der Waals surface area contributed by atoms with Crippen molar-refractivity contribution in [1.82, 2.24) is 6.15 Å². The molecule has 0 saturated heterocycles. The standard InChI is InChI=1S/C23H43Cl.H3N/c1-4-7-8-9-10-11-12-16-19-22(21-17-14-13-15-18-21)23(24,6-3)20-5-2;/h5,21-22H,2,4,6-20H2,1,3H3;1H3. The third-order valence-corrected chi connectivity index (χ3v) is 7.03. The molecule has 0 radical (unpaired) electrons. The molecule has 0 amide bonds. The van der Waals surface area contributed by atoms with E-state index in [4.69, 9.17) is 11.6 Å². The predicted molar refractivity (Wildman–Crippen MR) is 116 cm³/mol. The van der Waals surface area contributed by atoms with Crippen LogP contribution in [-0.4, -0.2) is 4.87 Å². The molecule has 2 heteroatoms. The van der Waals surface area contributed by atoms with Crippen LogP contribution in [0, 0.1) is 11.8 Å². The quantitative estimate of drug-likeness (QED) is 0.184. The van der Waals surface area contributed by atoms with E-state index in [0.717, 1.165) is 18.8 Å². The van der Waals surface area contributed by atoms with Gasteiger partial charge in [-0.25, -0.2) is 0 Å². The smallest absolute Gasteiger partial charge is 0.0509 e. The molecule has 1 aliphatic rings. The van der Waals surface area contributed by atoms with Gasteiger partial charge < -0.3 is 6.15 Å². The third kappa shape index (κ3) is 9.48. The first kappa shape index (κ1) is 25.0. The highest BCUT2D eigenvalue weighted by Gasteiger charge is 2.38. The summed E-state index contributed by atoms with van der Waals surface area (Å²) in [5.74, 6) is 1.56. The Balaban J connectivity index is 0.00000576. The number of allylic oxidation sites excluding steroid dienone is 1. The van der Waals surface area contributed by atoms with Gasteiger partial charge in [0.15, 0.2) is 0 Å². The van der Waals surface area contributed by atoms with Crippen molar-refractivity contribution >= 4 is 11.6 Å². The second-order valence-electron chi connectivity index (χ2n) is 8.15. The summed E-state index contributed by atoms with van der Waals surface area (Å²) in [7, 11) is 0. The number of hydrogen-bond donors (Lipinski definition) is 1. The van der Waals surface area contributed by atoms with Gasteiger partial charge in [0.2, 0.25) is 0 Å². The molecular weight excluding hydrogens is 326 g/mol. The minimum Gasteiger partial charge on any atom is -0.344 e. The Hall–Kier alpha value is -0.0100. The average Bonchev–Trinajstić information content (AvgIpc) is 2.61. The van der Waals surface area contributed by atoms with E-state index in [1.54, 1.807) is 0 Å². The summed E-state index contributed by atoms with van der Waals surface area (Å²) in [6.07, 6.45) is 23.8. The fraction of sp³-hybridized carbons (Fsp3) is 0.913. The Morgan fingerprint density at radius 3 is 2.04 bits per heavy atom. The van der Waals surface area contributed by atoms with Crippen molar-refractivity contribution in [3.8, 4) is 0 Å². The van der Waals surface area contributed by atoms with Crippen LogP contribution < -0.4 is 6.15 Å². The Bertz CT molecular complexity index is 311. The van der Waals surface area contributed by atoms with Crippen LogP contribution in [0.5, 0.6) is 0 Å². The van der Waals surface area contributed by atoms with Gasteiger partial charge in [0.05, 0.1) is 4.87 Å². The van der Waals surface area contributed by atoms with Crippen LogP contribution in [0.3, 0.4) is 0 Å². The van der Waals surface area contributed by atoms with Gasteiger partial charge in [-0.1, -0.05) is 103 Å². The van der Waals surface area contributed by atoms with Crippen LogP contribution >= 0.6 is 11.6 Å². The first-order valence-corrected chi connectivity index (χ1v) is 11.4. The largest absolute Gasteiger partial charge is 0.344 e. The van der Waals surface area contributed by atoms with Gasteiger partial charge in [0.25, 0.3) is 0 Å². The number of hydrogen-bond acceptors (Lipinski definition) is 1. The summed E-state index contributed by atoms with van der Waals surface area (Å²) in [5, 5.41) is 0. The molecule has 1 aliphatic carbocycles. The maximum Gasteiger partial charge on any atom is 0.0509 e. The maximum atomic E-state index is 7.15. The Kier molecular flexibility index (Phi) is 15.1. The van der Waals surface area contributed by atoms with Gasteiger partial charge in [-0.2, -0.15) is 0 Å². The molecule has 0 aliphatic heterocycles. The summed E-state index contributed by atoms with van der Waals surface area (Å²) in [5.41, 5.74) is 0. The molecular formula is C23H46ClN. The highest BCUT2D eigenvalue weighted by Crippen LogP contribution is 2.45. The van der Waals surface area contributed by atoms with Crippen molar-refractivity contribution in [1.29, 1.82) is 0 Å². The summed E-state index contributed by atoms with van der Waals surface area (Å²) in [6, 6.07) is 0. The van der Waals surface area contributed by atoms with Gasteiger partial charge in [0.1, 0.15) is 0 Å². The zero-order valence-corrected chi connectivity index (χ0v) is 18.1. The molecule has 3 N–H and O–H groups in total. The van der Waals surface area contributed by atoms with E-state index < -0.39 is 0 Å². The van der Waals surface area contributed by atoms with E-state index in [9.17, 15) is 0 Å². The zero-order valence-electron chi connectivity index (χ0n) is 17.3. The van der Waals surface area contributed by atoms with Crippen LogP contribution in [0.4, 0.5) is 0 Å². The molecule has 1 nitrogen and oxygen atoms in total. The lowest BCUT2D eigenvalue weighted by atomic mass is 9.69. The molecule has 0 heterocycles. The summed E-state index contributed by atoms with van der Waals surface area (Å²) in [4.78, 5) is -0.0368. The van der Waals surface area contributed by atoms with Gasteiger partial charge in [-0.3, -0.25) is 0 Å². The number of alkyl halides is 1. The molecule has 150 valence electrons. The first-order valence-electron chi connectivity index (χ1n) is 11.0. The van der Waals surface area contributed by atoms with E-state index >= 15 is 0 Å². The topological polar surface area (TPSA) is 35.0 Å². The monoisotopic (exact) mass is 371 g/mol. The fourth-order valence-corrected chi connectivity index (χ4v) is 5.15. The first-order chi connectivity index (χ1) is 11.7. The second-order valence-corrected chi connectivity index (χ2v) is 8.90. The van der Waals surface area contributed by atoms with Crippen molar-refractivity contribution in [2.45, 2.75) is 121 Å². The molecule has 25 heavy (non-hydrogen) atoms. The lowest BCUT2D eigenvalue weighted by Gasteiger charge is -2.41. The van der Waals surface area contributed by atoms with Gasteiger partial charge in [-0.05, 0) is 31.1 Å². The van der Waals surface area contributed by atoms with E-state index in [0.29, 0.717) is 5.92 Å². The highest BCUT2D eigenvalue weighted by molar-refractivity contribution is 6.24. The number of rotatable bonds is 14. The lowest BCUT2D eigenvalue weighted by Crippen LogP contribution is -2.37. The third-order valence-electron chi connectivity index (χ3n) is 6.32. The van der Waals surface area contributed by atoms with E-state index in [1.165, 1.54) is 89.9 Å². The van der Waals surface area contributed by atoms with Crippen LogP contribution in [0.1, 0.15) is 117 Å². The minimum atomic E-state index is -0.0368. The van der Waals surface area contributed by atoms with E-state index in [1.807, 2.05) is 0 Å². The molecule has 0 aromatic heterocycles. The normalized spacial score (nSPS) is 19.0. The molecule has 1 fully saturated rings. The van der Waals surface area contributed by atoms with Crippen molar-refractivity contribution < 1.29 is 0 Å². The van der Waals surface area contributed by atoms with Crippen LogP contribution in [-0.2, 0) is 0 Å². The molecule has 0 aromatic carbocycles. The SMILES string of the molecule is C=CCC(Cl)(CC)C(CCCCCCCCCC)C1CCCCC1.N. The van der Waals surface area contributed by atoms with Crippen molar-refractivity contribution in [2.24, 2.45) is 11.8 Å². The zero-order chi connectivity index (χ0) is 17.7. The molecule has 0 bridgehead atoms. The highest BCUT2D eigenvalue weighted by atomic mass is 35.5. The lowest BCUT2D eigenvalue weighted by molar-refractivity contribution is 0.175. The van der Waals surface area contributed by atoms with Crippen molar-refractivity contribution in [3.63, 3.8) is 0 Å². The van der Waals surface area contributed by atoms with E-state index in [-0.39, 0.29) is 11.0 Å². The summed E-state index contributed by atoms with van der Waals surface area (Å²) < 4.78 is 0. The maximum absolute atomic E-state index is 7.15. The van der Waals surface area contributed by atoms with Gasteiger partial charge >= 0.3 is 0 Å². The average molecular weight is 372 g/mol. The molecule has 2 unspecified atom stereocenters. The Labute approximate surface area is 164 Å². The molecule has 2 atom stereocenters. The van der Waals surface area contributed by atoms with Crippen molar-refractivity contribution in [2.75, 3.05) is 0 Å². The molecule has 0 spiro atoms. The Morgan fingerprint density at radius 2 is 1.52 bits per heavy atom. The summed E-state index contributed by atoms with van der Waals surface area (Å²) >= 11 is 7.15. The summed E-state index contributed by atoms with van der Waals surface area (Å²) in [6.45, 7) is 8.55. The van der Waals surface area contributed by atoms with Crippen molar-refractivity contribution in [3.05, 3.63) is 12.7 Å².